The van der Waals surface area contributed by atoms with Gasteiger partial charge in [0.1, 0.15) is 23.3 Å². The summed E-state index contributed by atoms with van der Waals surface area (Å²) in [5.41, 5.74) is 15.7. The van der Waals surface area contributed by atoms with E-state index in [1.165, 1.54) is 16.7 Å². The monoisotopic (exact) mass is 1450 g/mol. The van der Waals surface area contributed by atoms with Gasteiger partial charge in [-0.3, -0.25) is 37.4 Å². The first kappa shape index (κ1) is 74.4. The van der Waals surface area contributed by atoms with Crippen LogP contribution in [-0.2, 0) is 0 Å². The molecule has 0 saturated carbocycles. The molecular formula is C96H68N12O4. The fourth-order valence-corrected chi connectivity index (χ4v) is 11.9. The molecule has 0 atom stereocenters. The standard InChI is InChI=1S/4C24H17N3O/c1-3-18-9-12-20(13-10-18)27-22(14-11-19-7-4-6-17(2)16-19)26-23-21(24(27)28)8-5-15-25-23;3*1-3-18-10-13-20(14-11-18)27-22(15-12-19-8-6-17(2)7-9-19)26-23-21(24(27)28)5-4-16-25-23/h4*1,4-16H,2H3/b14-11+;3*15-12+. The predicted molar refractivity (Wildman–Crippen MR) is 453 cm³/mol. The van der Waals surface area contributed by atoms with E-state index in [0.717, 1.165) is 50.1 Å². The molecule has 16 nitrogen and oxygen atoms in total. The van der Waals surface area contributed by atoms with Crippen molar-refractivity contribution in [3.63, 3.8) is 0 Å². The Labute approximate surface area is 645 Å². The first-order valence-corrected chi connectivity index (χ1v) is 35.4. The Morgan fingerprint density at radius 1 is 0.259 bits per heavy atom. The van der Waals surface area contributed by atoms with Gasteiger partial charge in [0.2, 0.25) is 0 Å². The van der Waals surface area contributed by atoms with Gasteiger partial charge in [0.05, 0.1) is 44.3 Å². The summed E-state index contributed by atoms with van der Waals surface area (Å²) < 4.78 is 6.32. The summed E-state index contributed by atoms with van der Waals surface area (Å²) in [5.74, 6) is 12.4. The summed E-state index contributed by atoms with van der Waals surface area (Å²) in [6.07, 6.45) is 43.4. The number of aryl methyl sites for hydroxylation is 4. The minimum atomic E-state index is -0.171. The Morgan fingerprint density at radius 3 is 0.732 bits per heavy atom. The number of rotatable bonds is 12. The topological polar surface area (TPSA) is 191 Å². The number of hydrogen-bond acceptors (Lipinski definition) is 12. The Hall–Kier alpha value is -15.9. The molecule has 0 unspecified atom stereocenters. The Morgan fingerprint density at radius 2 is 0.500 bits per heavy atom. The molecule has 0 N–H and O–H groups in total. The zero-order valence-electron chi connectivity index (χ0n) is 61.3. The molecule has 16 rings (SSSR count). The SMILES string of the molecule is C#Cc1ccc(-n2c(/C=C/c3ccc(C)cc3)nc3ncccc3c2=O)cc1.C#Cc1ccc(-n2c(/C=C/c3ccc(C)cc3)nc3ncccc3c2=O)cc1.C#Cc1ccc(-n2c(/C=C/c3ccc(C)cc3)nc3ncccc3c2=O)cc1.C#Cc1ccc(-n2c(/C=C/c3cccc(C)c3)nc3ncccc3c2=O)cc1. The Bertz CT molecular complexity index is 6280. The zero-order valence-corrected chi connectivity index (χ0v) is 61.3. The zero-order chi connectivity index (χ0) is 78.0. The largest absolute Gasteiger partial charge is 0.268 e. The summed E-state index contributed by atoms with van der Waals surface area (Å²) in [6.45, 7) is 8.17. The van der Waals surface area contributed by atoms with Gasteiger partial charge in [0.25, 0.3) is 22.2 Å². The van der Waals surface area contributed by atoms with Crippen molar-refractivity contribution >= 4 is 92.7 Å². The van der Waals surface area contributed by atoms with Crippen molar-refractivity contribution in [2.24, 2.45) is 0 Å². The van der Waals surface area contributed by atoms with Crippen molar-refractivity contribution in [3.8, 4) is 72.1 Å². The average molecular weight is 1450 g/mol. The van der Waals surface area contributed by atoms with Crippen molar-refractivity contribution in [3.05, 3.63) is 399 Å². The first-order valence-electron chi connectivity index (χ1n) is 35.4. The molecule has 8 aromatic carbocycles. The van der Waals surface area contributed by atoms with Crippen molar-refractivity contribution in [2.45, 2.75) is 27.7 Å². The number of benzene rings is 8. The van der Waals surface area contributed by atoms with Gasteiger partial charge in [-0.25, -0.2) is 39.9 Å². The third-order valence-corrected chi connectivity index (χ3v) is 17.8. The predicted octanol–water partition coefficient (Wildman–Crippen LogP) is 17.0. The lowest BCUT2D eigenvalue weighted by Gasteiger charge is -2.11. The highest BCUT2D eigenvalue weighted by atomic mass is 16.1. The maximum atomic E-state index is 13.2. The van der Waals surface area contributed by atoms with E-state index >= 15 is 0 Å². The molecule has 0 aliphatic rings. The molecule has 16 heteroatoms. The molecule has 112 heavy (non-hydrogen) atoms. The van der Waals surface area contributed by atoms with Crippen LogP contribution in [0.4, 0.5) is 0 Å². The van der Waals surface area contributed by atoms with Gasteiger partial charge in [-0.15, -0.1) is 25.7 Å². The number of fused-ring (bicyclic) bond motifs is 4. The summed E-state index contributed by atoms with van der Waals surface area (Å²) in [7, 11) is 0. The average Bonchev–Trinajstić information content (AvgIpc) is 0.792. The summed E-state index contributed by atoms with van der Waals surface area (Å²) in [6, 6.07) is 75.4. The van der Waals surface area contributed by atoms with Crippen molar-refractivity contribution < 1.29 is 0 Å². The lowest BCUT2D eigenvalue weighted by atomic mass is 10.1. The Kier molecular flexibility index (Phi) is 23.0. The van der Waals surface area contributed by atoms with Gasteiger partial charge >= 0.3 is 0 Å². The highest BCUT2D eigenvalue weighted by molar-refractivity contribution is 5.81. The molecule has 0 radical (unpaired) electrons. The molecule has 0 spiro atoms. The van der Waals surface area contributed by atoms with Crippen LogP contribution in [0.2, 0.25) is 0 Å². The van der Waals surface area contributed by atoms with Crippen LogP contribution in [0.15, 0.2) is 287 Å². The fraction of sp³-hybridized carbons (Fsp3) is 0.0417. The highest BCUT2D eigenvalue weighted by Crippen LogP contribution is 2.22. The van der Waals surface area contributed by atoms with Crippen LogP contribution in [0.25, 0.3) is 115 Å². The normalized spacial score (nSPS) is 11.0. The second-order valence-electron chi connectivity index (χ2n) is 25.7. The van der Waals surface area contributed by atoms with Crippen LogP contribution >= 0.6 is 0 Å². The molecule has 8 heterocycles. The molecule has 0 aliphatic carbocycles. The lowest BCUT2D eigenvalue weighted by molar-refractivity contribution is 0.937. The number of terminal acetylenes is 4. The van der Waals surface area contributed by atoms with Gasteiger partial charge in [0, 0.05) is 47.0 Å². The third-order valence-electron chi connectivity index (χ3n) is 17.8. The van der Waals surface area contributed by atoms with Crippen molar-refractivity contribution in [2.75, 3.05) is 0 Å². The molecule has 536 valence electrons. The van der Waals surface area contributed by atoms with Gasteiger partial charge in [-0.05, 0) is 220 Å². The molecule has 8 aromatic heterocycles. The van der Waals surface area contributed by atoms with E-state index in [9.17, 15) is 19.2 Å². The number of pyridine rings is 4. The molecular weight excluding hydrogens is 1390 g/mol. The number of nitrogens with zero attached hydrogens (tertiary/aromatic N) is 12. The molecule has 0 aliphatic heterocycles. The van der Waals surface area contributed by atoms with E-state index in [4.69, 9.17) is 25.7 Å². The number of hydrogen-bond donors (Lipinski definition) is 0. The van der Waals surface area contributed by atoms with Gasteiger partial charge in [-0.2, -0.15) is 0 Å². The van der Waals surface area contributed by atoms with E-state index < -0.39 is 0 Å². The van der Waals surface area contributed by atoms with Crippen LogP contribution < -0.4 is 22.2 Å². The lowest BCUT2D eigenvalue weighted by Crippen LogP contribution is -2.22. The van der Waals surface area contributed by atoms with Crippen molar-refractivity contribution in [1.29, 1.82) is 0 Å². The van der Waals surface area contributed by atoms with Gasteiger partial charge < -0.3 is 0 Å². The maximum absolute atomic E-state index is 13.2. The number of aromatic nitrogens is 12. The Balaban J connectivity index is 0.000000131. The summed E-state index contributed by atoms with van der Waals surface area (Å²) >= 11 is 0. The van der Waals surface area contributed by atoms with E-state index in [1.807, 2.05) is 264 Å². The highest BCUT2D eigenvalue weighted by Gasteiger charge is 2.17. The van der Waals surface area contributed by atoms with E-state index in [-0.39, 0.29) is 22.2 Å². The van der Waals surface area contributed by atoms with Crippen LogP contribution in [0, 0.1) is 77.1 Å². The second kappa shape index (κ2) is 34.6. The quantitative estimate of drug-likeness (QED) is 0.105. The molecule has 0 amide bonds. The summed E-state index contributed by atoms with van der Waals surface area (Å²) in [4.78, 5) is 88.1. The van der Waals surface area contributed by atoms with Crippen LogP contribution in [-0.4, -0.2) is 58.1 Å². The second-order valence-corrected chi connectivity index (χ2v) is 25.7. The first-order chi connectivity index (χ1) is 54.6. The molecule has 0 bridgehead atoms. The van der Waals surface area contributed by atoms with Crippen LogP contribution in [0.1, 0.15) is 90.1 Å². The van der Waals surface area contributed by atoms with E-state index in [0.29, 0.717) is 90.2 Å². The fourth-order valence-electron chi connectivity index (χ4n) is 11.9. The van der Waals surface area contributed by atoms with E-state index in [2.05, 4.69) is 69.6 Å². The molecule has 0 saturated heterocycles. The van der Waals surface area contributed by atoms with Crippen LogP contribution in [0.5, 0.6) is 0 Å². The minimum Gasteiger partial charge on any atom is -0.268 e. The van der Waals surface area contributed by atoms with Crippen molar-refractivity contribution in [1.82, 2.24) is 58.1 Å². The van der Waals surface area contributed by atoms with Gasteiger partial charge in [0.15, 0.2) is 22.6 Å². The molecule has 16 aromatic rings. The molecule has 0 fully saturated rings. The van der Waals surface area contributed by atoms with Gasteiger partial charge in [-0.1, -0.05) is 167 Å². The summed E-state index contributed by atoms with van der Waals surface area (Å²) in [5, 5.41) is 1.87. The van der Waals surface area contributed by atoms with Crippen LogP contribution in [0.3, 0.4) is 0 Å². The smallest absolute Gasteiger partial charge is 0.267 e. The maximum Gasteiger partial charge on any atom is 0.267 e. The minimum absolute atomic E-state index is 0.171. The third kappa shape index (κ3) is 17.5. The van der Waals surface area contributed by atoms with E-state index in [1.54, 1.807) is 91.6 Å².